The molecule has 1 aliphatic heterocycles. The Morgan fingerprint density at radius 1 is 1.47 bits per heavy atom. The highest BCUT2D eigenvalue weighted by atomic mass is 16.6. The summed E-state index contributed by atoms with van der Waals surface area (Å²) in [6, 6.07) is 0. The largest absolute Gasteiger partial charge is 0.457 e. The molecule has 0 unspecified atom stereocenters. The molecule has 0 amide bonds. The molecule has 2 aliphatic rings. The maximum Gasteiger partial charge on any atom is 0.306 e. The predicted octanol–water partition coefficient (Wildman–Crippen LogP) is 1.88. The topological polar surface area (TPSA) is 46.5 Å². The number of rotatable bonds is 0. The maximum absolute atomic E-state index is 11.4. The van der Waals surface area contributed by atoms with Crippen LogP contribution in [0.25, 0.3) is 0 Å². The van der Waals surface area contributed by atoms with Crippen LogP contribution in [-0.2, 0) is 9.53 Å². The standard InChI is InChI=1S/C12H20O3/c1-8-4-5-12(14)9(6-8)7-10(13)15-11(12,2)3/h8-9,14H,4-7H2,1-3H3/t8-,9-,12+/m0/s1. The van der Waals surface area contributed by atoms with E-state index in [1.807, 2.05) is 13.8 Å². The first-order chi connectivity index (χ1) is 6.85. The number of fused-ring (bicyclic) bond motifs is 1. The van der Waals surface area contributed by atoms with Crippen LogP contribution in [0.5, 0.6) is 0 Å². The summed E-state index contributed by atoms with van der Waals surface area (Å²) in [4.78, 5) is 11.4. The van der Waals surface area contributed by atoms with Gasteiger partial charge in [-0.2, -0.15) is 0 Å². The van der Waals surface area contributed by atoms with Crippen molar-refractivity contribution >= 4 is 5.97 Å². The number of aliphatic hydroxyl groups is 1. The average molecular weight is 212 g/mol. The summed E-state index contributed by atoms with van der Waals surface area (Å²) < 4.78 is 5.29. The molecule has 3 atom stereocenters. The van der Waals surface area contributed by atoms with Crippen LogP contribution in [0, 0.1) is 11.8 Å². The second-order valence-electron chi connectivity index (χ2n) is 5.69. The zero-order valence-electron chi connectivity index (χ0n) is 9.75. The number of cyclic esters (lactones) is 1. The molecular formula is C12H20O3. The third-order valence-electron chi connectivity index (χ3n) is 4.21. The van der Waals surface area contributed by atoms with Crippen LogP contribution >= 0.6 is 0 Å². The summed E-state index contributed by atoms with van der Waals surface area (Å²) in [5, 5.41) is 10.7. The van der Waals surface area contributed by atoms with Crippen molar-refractivity contribution in [3.05, 3.63) is 0 Å². The van der Waals surface area contributed by atoms with Crippen molar-refractivity contribution in [2.75, 3.05) is 0 Å². The lowest BCUT2D eigenvalue weighted by Gasteiger charge is -2.53. The number of carbonyl (C=O) groups excluding carboxylic acids is 1. The Morgan fingerprint density at radius 2 is 2.13 bits per heavy atom. The van der Waals surface area contributed by atoms with Gasteiger partial charge in [0.15, 0.2) is 0 Å². The van der Waals surface area contributed by atoms with Crippen molar-refractivity contribution < 1.29 is 14.6 Å². The van der Waals surface area contributed by atoms with Gasteiger partial charge in [-0.3, -0.25) is 4.79 Å². The normalized spacial score (nSPS) is 44.4. The summed E-state index contributed by atoms with van der Waals surface area (Å²) in [7, 11) is 0. The highest BCUT2D eigenvalue weighted by Crippen LogP contribution is 2.49. The van der Waals surface area contributed by atoms with E-state index in [0.717, 1.165) is 19.3 Å². The fourth-order valence-electron chi connectivity index (χ4n) is 3.13. The lowest BCUT2D eigenvalue weighted by atomic mass is 9.62. The van der Waals surface area contributed by atoms with E-state index in [2.05, 4.69) is 6.92 Å². The summed E-state index contributed by atoms with van der Waals surface area (Å²) in [5.41, 5.74) is -1.54. The molecule has 86 valence electrons. The van der Waals surface area contributed by atoms with Gasteiger partial charge in [0, 0.05) is 5.92 Å². The molecule has 1 aliphatic carbocycles. The molecule has 2 rings (SSSR count). The van der Waals surface area contributed by atoms with E-state index < -0.39 is 11.2 Å². The first-order valence-corrected chi connectivity index (χ1v) is 5.79. The van der Waals surface area contributed by atoms with Gasteiger partial charge in [0.1, 0.15) is 11.2 Å². The SMILES string of the molecule is C[C@H]1CC[C@@]2(O)[C@H](CC(=O)OC2(C)C)C1. The smallest absolute Gasteiger partial charge is 0.306 e. The van der Waals surface area contributed by atoms with E-state index in [4.69, 9.17) is 4.74 Å². The molecule has 3 heteroatoms. The Morgan fingerprint density at radius 3 is 2.80 bits per heavy atom. The Labute approximate surface area is 90.8 Å². The highest BCUT2D eigenvalue weighted by molar-refractivity contribution is 5.72. The average Bonchev–Trinajstić information content (AvgIpc) is 2.08. The van der Waals surface area contributed by atoms with E-state index in [-0.39, 0.29) is 11.9 Å². The van der Waals surface area contributed by atoms with Crippen molar-refractivity contribution in [2.24, 2.45) is 11.8 Å². The summed E-state index contributed by atoms with van der Waals surface area (Å²) in [6.45, 7) is 5.84. The van der Waals surface area contributed by atoms with E-state index in [1.165, 1.54) is 0 Å². The van der Waals surface area contributed by atoms with Crippen LogP contribution in [-0.4, -0.2) is 22.3 Å². The molecule has 1 N–H and O–H groups in total. The van der Waals surface area contributed by atoms with Crippen molar-refractivity contribution in [2.45, 2.75) is 57.7 Å². The van der Waals surface area contributed by atoms with Gasteiger partial charge < -0.3 is 9.84 Å². The lowest BCUT2D eigenvalue weighted by molar-refractivity contribution is -0.235. The van der Waals surface area contributed by atoms with Crippen LogP contribution in [0.3, 0.4) is 0 Å². The fraction of sp³-hybridized carbons (Fsp3) is 0.917. The lowest BCUT2D eigenvalue weighted by Crippen LogP contribution is -2.63. The quantitative estimate of drug-likeness (QED) is 0.624. The third-order valence-corrected chi connectivity index (χ3v) is 4.21. The van der Waals surface area contributed by atoms with E-state index >= 15 is 0 Å². The van der Waals surface area contributed by atoms with Crippen LogP contribution in [0.4, 0.5) is 0 Å². The third kappa shape index (κ3) is 1.57. The second-order valence-corrected chi connectivity index (χ2v) is 5.69. The van der Waals surface area contributed by atoms with Crippen molar-refractivity contribution in [1.29, 1.82) is 0 Å². The van der Waals surface area contributed by atoms with Crippen LogP contribution in [0.2, 0.25) is 0 Å². The number of hydrogen-bond acceptors (Lipinski definition) is 3. The molecule has 1 saturated carbocycles. The van der Waals surface area contributed by atoms with Gasteiger partial charge >= 0.3 is 5.97 Å². The Bertz CT molecular complexity index is 285. The molecule has 0 aromatic carbocycles. The number of ether oxygens (including phenoxy) is 1. The summed E-state index contributed by atoms with van der Waals surface area (Å²) >= 11 is 0. The monoisotopic (exact) mass is 212 g/mol. The molecule has 0 radical (unpaired) electrons. The Kier molecular flexibility index (Phi) is 2.34. The highest BCUT2D eigenvalue weighted by Gasteiger charge is 2.57. The van der Waals surface area contributed by atoms with Gasteiger partial charge in [-0.15, -0.1) is 0 Å². The van der Waals surface area contributed by atoms with Crippen LogP contribution in [0.1, 0.15) is 46.5 Å². The molecule has 1 heterocycles. The first kappa shape index (κ1) is 10.9. The van der Waals surface area contributed by atoms with Gasteiger partial charge in [0.2, 0.25) is 0 Å². The molecular weight excluding hydrogens is 192 g/mol. The van der Waals surface area contributed by atoms with Gasteiger partial charge in [-0.1, -0.05) is 6.92 Å². The molecule has 3 nitrogen and oxygen atoms in total. The predicted molar refractivity (Wildman–Crippen MR) is 56.2 cm³/mol. The number of esters is 1. The number of carbonyl (C=O) groups is 1. The van der Waals surface area contributed by atoms with Crippen molar-refractivity contribution in [3.8, 4) is 0 Å². The van der Waals surface area contributed by atoms with E-state index in [9.17, 15) is 9.90 Å². The molecule has 0 spiro atoms. The molecule has 0 aromatic rings. The second kappa shape index (κ2) is 3.21. The minimum atomic E-state index is -0.812. The number of hydrogen-bond donors (Lipinski definition) is 1. The maximum atomic E-state index is 11.4. The zero-order chi connectivity index (χ0) is 11.3. The van der Waals surface area contributed by atoms with Gasteiger partial charge in [-0.25, -0.2) is 0 Å². The minimum Gasteiger partial charge on any atom is -0.457 e. The van der Waals surface area contributed by atoms with E-state index in [1.54, 1.807) is 0 Å². The van der Waals surface area contributed by atoms with Crippen LogP contribution < -0.4 is 0 Å². The van der Waals surface area contributed by atoms with E-state index in [0.29, 0.717) is 12.3 Å². The molecule has 0 aromatic heterocycles. The Balaban J connectivity index is 2.29. The molecule has 0 bridgehead atoms. The molecule has 1 saturated heterocycles. The summed E-state index contributed by atoms with van der Waals surface area (Å²) in [6.07, 6.45) is 3.09. The fourth-order valence-corrected chi connectivity index (χ4v) is 3.13. The minimum absolute atomic E-state index is 0.0810. The molecule has 15 heavy (non-hydrogen) atoms. The zero-order valence-corrected chi connectivity index (χ0v) is 9.75. The van der Waals surface area contributed by atoms with Crippen molar-refractivity contribution in [1.82, 2.24) is 0 Å². The van der Waals surface area contributed by atoms with Gasteiger partial charge in [0.05, 0.1) is 6.42 Å². The van der Waals surface area contributed by atoms with Crippen molar-refractivity contribution in [3.63, 3.8) is 0 Å². The van der Waals surface area contributed by atoms with Crippen LogP contribution in [0.15, 0.2) is 0 Å². The summed E-state index contributed by atoms with van der Waals surface area (Å²) in [5.74, 6) is 0.526. The van der Waals surface area contributed by atoms with Gasteiger partial charge in [0.25, 0.3) is 0 Å². The van der Waals surface area contributed by atoms with Gasteiger partial charge in [-0.05, 0) is 39.0 Å². The Hall–Kier alpha value is -0.570. The first-order valence-electron chi connectivity index (χ1n) is 5.79. The molecule has 2 fully saturated rings.